The quantitative estimate of drug-likeness (QED) is 0.774. The van der Waals surface area contributed by atoms with E-state index in [1.54, 1.807) is 0 Å². The molecule has 2 aromatic rings. The van der Waals surface area contributed by atoms with Gasteiger partial charge in [-0.2, -0.15) is 0 Å². The molecule has 0 spiro atoms. The average molecular weight is 263 g/mol. The van der Waals surface area contributed by atoms with Crippen LogP contribution < -0.4 is 4.90 Å². The van der Waals surface area contributed by atoms with Gasteiger partial charge in [-0.25, -0.2) is 0 Å². The molecule has 1 aliphatic carbocycles. The minimum absolute atomic E-state index is 0.211. The van der Waals surface area contributed by atoms with Crippen LogP contribution in [0.2, 0.25) is 0 Å². The topological polar surface area (TPSA) is 20.3 Å². The lowest BCUT2D eigenvalue weighted by atomic mass is 10.0. The van der Waals surface area contributed by atoms with Crippen molar-refractivity contribution in [1.29, 1.82) is 0 Å². The van der Waals surface area contributed by atoms with E-state index in [-0.39, 0.29) is 5.78 Å². The zero-order valence-electron chi connectivity index (χ0n) is 11.8. The van der Waals surface area contributed by atoms with Crippen molar-refractivity contribution in [3.63, 3.8) is 0 Å². The second-order valence-electron chi connectivity index (χ2n) is 5.30. The van der Waals surface area contributed by atoms with Gasteiger partial charge in [-0.05, 0) is 34.9 Å². The molecule has 0 heterocycles. The van der Waals surface area contributed by atoms with Crippen LogP contribution in [-0.4, -0.2) is 19.9 Å². The fourth-order valence-corrected chi connectivity index (χ4v) is 2.55. The summed E-state index contributed by atoms with van der Waals surface area (Å²) in [5, 5.41) is 0. The number of hydrogen-bond donors (Lipinski definition) is 0. The number of nitrogens with zero attached hydrogens (tertiary/aromatic N) is 1. The Bertz CT molecular complexity index is 681. The van der Waals surface area contributed by atoms with Gasteiger partial charge in [0.2, 0.25) is 0 Å². The van der Waals surface area contributed by atoms with Gasteiger partial charge in [0.1, 0.15) is 0 Å². The molecule has 100 valence electrons. The Hall–Kier alpha value is -2.35. The number of Topliss-reactive ketones (excluding diaryl/α,β-unsaturated/α-hetero) is 1. The monoisotopic (exact) mass is 263 g/mol. The predicted octanol–water partition coefficient (Wildman–Crippen LogP) is 3.42. The fraction of sp³-hybridized carbons (Fsp3) is 0.167. The van der Waals surface area contributed by atoms with Gasteiger partial charge < -0.3 is 4.90 Å². The van der Waals surface area contributed by atoms with Gasteiger partial charge in [0.15, 0.2) is 5.78 Å². The van der Waals surface area contributed by atoms with Crippen molar-refractivity contribution in [2.45, 2.75) is 6.42 Å². The number of hydrogen-bond acceptors (Lipinski definition) is 2. The molecule has 2 heteroatoms. The SMILES string of the molecule is CN(C)c1ccc(/C=C2/C(=O)Cc3ccccc32)cc1. The highest BCUT2D eigenvalue weighted by atomic mass is 16.1. The van der Waals surface area contributed by atoms with Crippen LogP contribution in [0.25, 0.3) is 11.6 Å². The third kappa shape index (κ3) is 2.25. The maximum Gasteiger partial charge on any atom is 0.167 e. The van der Waals surface area contributed by atoms with Gasteiger partial charge in [-0.15, -0.1) is 0 Å². The highest BCUT2D eigenvalue weighted by Gasteiger charge is 2.23. The van der Waals surface area contributed by atoms with Gasteiger partial charge in [0.05, 0.1) is 0 Å². The number of allylic oxidation sites excluding steroid dienone is 1. The third-order valence-corrected chi connectivity index (χ3v) is 3.68. The van der Waals surface area contributed by atoms with Crippen molar-refractivity contribution in [3.05, 3.63) is 65.2 Å². The van der Waals surface area contributed by atoms with Gasteiger partial charge in [-0.1, -0.05) is 36.4 Å². The Morgan fingerprint density at radius 3 is 2.40 bits per heavy atom. The molecule has 0 N–H and O–H groups in total. The molecule has 0 saturated carbocycles. The van der Waals surface area contributed by atoms with Crippen molar-refractivity contribution < 1.29 is 4.79 Å². The van der Waals surface area contributed by atoms with E-state index < -0.39 is 0 Å². The number of fused-ring (bicyclic) bond motifs is 1. The molecule has 2 aromatic carbocycles. The second kappa shape index (κ2) is 4.97. The number of anilines is 1. The first-order valence-electron chi connectivity index (χ1n) is 6.76. The largest absolute Gasteiger partial charge is 0.378 e. The highest BCUT2D eigenvalue weighted by Crippen LogP contribution is 2.31. The number of carbonyl (C=O) groups is 1. The minimum atomic E-state index is 0.211. The Labute approximate surface area is 119 Å². The summed E-state index contributed by atoms with van der Waals surface area (Å²) in [5.74, 6) is 0.211. The smallest absolute Gasteiger partial charge is 0.167 e. The van der Waals surface area contributed by atoms with E-state index in [2.05, 4.69) is 29.2 Å². The van der Waals surface area contributed by atoms with Crippen molar-refractivity contribution in [3.8, 4) is 0 Å². The molecule has 0 bridgehead atoms. The maximum absolute atomic E-state index is 12.1. The molecular weight excluding hydrogens is 246 g/mol. The number of rotatable bonds is 2. The van der Waals surface area contributed by atoms with Gasteiger partial charge in [0.25, 0.3) is 0 Å². The van der Waals surface area contributed by atoms with Crippen LogP contribution in [0, 0.1) is 0 Å². The molecule has 0 amide bonds. The summed E-state index contributed by atoms with van der Waals surface area (Å²) in [5.41, 5.74) is 5.27. The van der Waals surface area contributed by atoms with Crippen LogP contribution in [0.3, 0.4) is 0 Å². The highest BCUT2D eigenvalue weighted by molar-refractivity contribution is 6.29. The molecule has 1 aliphatic rings. The molecule has 3 rings (SSSR count). The molecular formula is C18H17NO. The first-order valence-corrected chi connectivity index (χ1v) is 6.76. The molecule has 0 fully saturated rings. The normalized spacial score (nSPS) is 15.5. The summed E-state index contributed by atoms with van der Waals surface area (Å²) in [7, 11) is 4.04. The molecule has 0 radical (unpaired) electrons. The summed E-state index contributed by atoms with van der Waals surface area (Å²) in [6.07, 6.45) is 2.52. The van der Waals surface area contributed by atoms with Crippen LogP contribution >= 0.6 is 0 Å². The van der Waals surface area contributed by atoms with Crippen molar-refractivity contribution >= 4 is 23.1 Å². The van der Waals surface area contributed by atoms with E-state index in [4.69, 9.17) is 0 Å². The van der Waals surface area contributed by atoms with Gasteiger partial charge >= 0.3 is 0 Å². The van der Waals surface area contributed by atoms with Crippen LogP contribution in [0.4, 0.5) is 5.69 Å². The van der Waals surface area contributed by atoms with Crippen LogP contribution in [-0.2, 0) is 11.2 Å². The van der Waals surface area contributed by atoms with E-state index in [0.717, 1.165) is 28.0 Å². The summed E-state index contributed by atoms with van der Waals surface area (Å²) in [6.45, 7) is 0. The molecule has 2 nitrogen and oxygen atoms in total. The molecule has 0 saturated heterocycles. The van der Waals surface area contributed by atoms with E-state index in [1.807, 2.05) is 44.4 Å². The van der Waals surface area contributed by atoms with E-state index >= 15 is 0 Å². The van der Waals surface area contributed by atoms with Gasteiger partial charge in [-0.3, -0.25) is 4.79 Å². The third-order valence-electron chi connectivity index (χ3n) is 3.68. The summed E-state index contributed by atoms with van der Waals surface area (Å²) < 4.78 is 0. The standard InChI is InChI=1S/C18H17NO/c1-19(2)15-9-7-13(8-10-15)11-17-16-6-4-3-5-14(16)12-18(17)20/h3-11H,12H2,1-2H3/b17-11+. The molecule has 0 unspecified atom stereocenters. The summed E-state index contributed by atoms with van der Waals surface area (Å²) >= 11 is 0. The fourth-order valence-electron chi connectivity index (χ4n) is 2.55. The van der Waals surface area contributed by atoms with Crippen LogP contribution in [0.5, 0.6) is 0 Å². The van der Waals surface area contributed by atoms with Crippen molar-refractivity contribution in [2.24, 2.45) is 0 Å². The lowest BCUT2D eigenvalue weighted by molar-refractivity contribution is -0.112. The lowest BCUT2D eigenvalue weighted by Crippen LogP contribution is -2.07. The molecule has 20 heavy (non-hydrogen) atoms. The Morgan fingerprint density at radius 2 is 1.70 bits per heavy atom. The predicted molar refractivity (Wildman–Crippen MR) is 83.8 cm³/mol. The number of ketones is 1. The van der Waals surface area contributed by atoms with Crippen LogP contribution in [0.1, 0.15) is 16.7 Å². The molecule has 0 aliphatic heterocycles. The number of carbonyl (C=O) groups excluding carboxylic acids is 1. The van der Waals surface area contributed by atoms with Crippen LogP contribution in [0.15, 0.2) is 48.5 Å². The van der Waals surface area contributed by atoms with E-state index in [1.165, 1.54) is 0 Å². The zero-order chi connectivity index (χ0) is 14.1. The van der Waals surface area contributed by atoms with Crippen molar-refractivity contribution in [1.82, 2.24) is 0 Å². The van der Waals surface area contributed by atoms with E-state index in [9.17, 15) is 4.79 Å². The Kier molecular flexibility index (Phi) is 3.15. The second-order valence-corrected chi connectivity index (χ2v) is 5.30. The van der Waals surface area contributed by atoms with E-state index in [0.29, 0.717) is 6.42 Å². The van der Waals surface area contributed by atoms with Gasteiger partial charge in [0, 0.05) is 31.8 Å². The summed E-state index contributed by atoms with van der Waals surface area (Å²) in [4.78, 5) is 14.2. The lowest BCUT2D eigenvalue weighted by Gasteiger charge is -2.12. The molecule has 0 aromatic heterocycles. The zero-order valence-corrected chi connectivity index (χ0v) is 11.8. The molecule has 0 atom stereocenters. The first-order chi connectivity index (χ1) is 9.65. The maximum atomic E-state index is 12.1. The van der Waals surface area contributed by atoms with Crippen molar-refractivity contribution in [2.75, 3.05) is 19.0 Å². The first kappa shape index (κ1) is 12.7. The minimum Gasteiger partial charge on any atom is -0.378 e. The number of benzene rings is 2. The summed E-state index contributed by atoms with van der Waals surface area (Å²) in [6, 6.07) is 16.3. The Morgan fingerprint density at radius 1 is 1.00 bits per heavy atom. The Balaban J connectivity index is 1.98. The average Bonchev–Trinajstić information content (AvgIpc) is 2.76.